The van der Waals surface area contributed by atoms with E-state index in [2.05, 4.69) is 4.98 Å². The highest BCUT2D eigenvalue weighted by atomic mass is 32.1. The third-order valence-electron chi connectivity index (χ3n) is 5.34. The van der Waals surface area contributed by atoms with Gasteiger partial charge in [-0.25, -0.2) is 13.8 Å². The first-order valence-corrected chi connectivity index (χ1v) is 10.5. The van der Waals surface area contributed by atoms with E-state index in [4.69, 9.17) is 4.98 Å². The summed E-state index contributed by atoms with van der Waals surface area (Å²) < 4.78 is 27.9. The van der Waals surface area contributed by atoms with E-state index < -0.39 is 0 Å². The fourth-order valence-corrected chi connectivity index (χ4v) is 4.68. The Morgan fingerprint density at radius 2 is 1.63 bits per heavy atom. The molecule has 2 aromatic heterocycles. The summed E-state index contributed by atoms with van der Waals surface area (Å²) in [5, 5.41) is 1.88. The largest absolute Gasteiger partial charge is 0.366 e. The lowest BCUT2D eigenvalue weighted by Crippen LogP contribution is -2.47. The van der Waals surface area contributed by atoms with Crippen LogP contribution in [0.1, 0.15) is 0 Å². The van der Waals surface area contributed by atoms with Crippen LogP contribution in [0.2, 0.25) is 0 Å². The fraction of sp³-hybridized carbons (Fsp3) is 0.182. The smallest absolute Gasteiger partial charge is 0.270 e. The van der Waals surface area contributed by atoms with Crippen LogP contribution in [0.5, 0.6) is 0 Å². The standard InChI is InChI=1S/C22H18F2N4OS/c23-15-7-5-14(6-8-15)16-13-30-20-19(16)25-22(26-21(20)29)28-11-9-27(10-12-28)18-4-2-1-3-17(18)24/h1-8,13H,9-12H2,(H,25,26,29). The molecule has 0 radical (unpaired) electrons. The van der Waals surface area contributed by atoms with Gasteiger partial charge in [-0.1, -0.05) is 24.3 Å². The lowest BCUT2D eigenvalue weighted by Gasteiger charge is -2.36. The first kappa shape index (κ1) is 18.7. The van der Waals surface area contributed by atoms with Gasteiger partial charge >= 0.3 is 0 Å². The van der Waals surface area contributed by atoms with Crippen LogP contribution in [0.3, 0.4) is 0 Å². The van der Waals surface area contributed by atoms with Gasteiger partial charge in [-0.3, -0.25) is 9.78 Å². The molecule has 4 aromatic rings. The molecule has 0 saturated carbocycles. The van der Waals surface area contributed by atoms with Crippen LogP contribution >= 0.6 is 11.3 Å². The summed E-state index contributed by atoms with van der Waals surface area (Å²) in [5.41, 5.74) is 2.64. The van der Waals surface area contributed by atoms with Crippen LogP contribution in [-0.4, -0.2) is 36.1 Å². The first-order chi connectivity index (χ1) is 14.6. The number of fused-ring (bicyclic) bond motifs is 1. The fourth-order valence-electron chi connectivity index (χ4n) is 3.77. The summed E-state index contributed by atoms with van der Waals surface area (Å²) in [6, 6.07) is 12.9. The molecule has 152 valence electrons. The van der Waals surface area contributed by atoms with E-state index in [1.165, 1.54) is 29.5 Å². The van der Waals surface area contributed by atoms with Crippen molar-refractivity contribution in [3.05, 3.63) is 75.9 Å². The highest BCUT2D eigenvalue weighted by molar-refractivity contribution is 7.17. The Balaban J connectivity index is 1.44. The highest BCUT2D eigenvalue weighted by Crippen LogP contribution is 2.32. The third-order valence-corrected chi connectivity index (χ3v) is 6.31. The predicted molar refractivity (Wildman–Crippen MR) is 116 cm³/mol. The van der Waals surface area contributed by atoms with E-state index in [9.17, 15) is 13.6 Å². The molecular weight excluding hydrogens is 406 g/mol. The van der Waals surface area contributed by atoms with Gasteiger partial charge in [0.05, 0.1) is 11.2 Å². The molecule has 0 spiro atoms. The molecule has 0 bridgehead atoms. The number of H-pyrrole nitrogens is 1. The van der Waals surface area contributed by atoms with Gasteiger partial charge in [0.15, 0.2) is 0 Å². The summed E-state index contributed by atoms with van der Waals surface area (Å²) in [7, 11) is 0. The van der Waals surface area contributed by atoms with Gasteiger partial charge in [-0.05, 0) is 29.8 Å². The van der Waals surface area contributed by atoms with E-state index in [0.29, 0.717) is 48.0 Å². The molecule has 5 nitrogen and oxygen atoms in total. The lowest BCUT2D eigenvalue weighted by molar-refractivity contribution is 0.594. The van der Waals surface area contributed by atoms with Crippen LogP contribution < -0.4 is 15.4 Å². The summed E-state index contributed by atoms with van der Waals surface area (Å²) in [4.78, 5) is 24.2. The number of nitrogens with zero attached hydrogens (tertiary/aromatic N) is 3. The van der Waals surface area contributed by atoms with Crippen molar-refractivity contribution in [1.82, 2.24) is 9.97 Å². The van der Waals surface area contributed by atoms with Crippen LogP contribution in [0.15, 0.2) is 58.7 Å². The van der Waals surface area contributed by atoms with E-state index in [0.717, 1.165) is 11.1 Å². The number of para-hydroxylation sites is 1. The molecule has 0 amide bonds. The molecule has 2 aromatic carbocycles. The summed E-state index contributed by atoms with van der Waals surface area (Å²) in [6.45, 7) is 2.46. The molecule has 8 heteroatoms. The molecule has 0 atom stereocenters. The topological polar surface area (TPSA) is 52.2 Å². The molecule has 1 aliphatic rings. The molecule has 0 aliphatic carbocycles. The number of piperazine rings is 1. The van der Waals surface area contributed by atoms with Crippen molar-refractivity contribution in [3.8, 4) is 11.1 Å². The normalized spacial score (nSPS) is 14.5. The zero-order valence-corrected chi connectivity index (χ0v) is 16.8. The van der Waals surface area contributed by atoms with Gasteiger partial charge in [0.1, 0.15) is 16.3 Å². The second kappa shape index (κ2) is 7.53. The van der Waals surface area contributed by atoms with Crippen molar-refractivity contribution in [1.29, 1.82) is 0 Å². The Kier molecular flexibility index (Phi) is 4.71. The Hall–Kier alpha value is -3.26. The van der Waals surface area contributed by atoms with E-state index in [1.807, 2.05) is 21.2 Å². The van der Waals surface area contributed by atoms with Gasteiger partial charge in [0.25, 0.3) is 5.56 Å². The zero-order valence-electron chi connectivity index (χ0n) is 15.9. The Morgan fingerprint density at radius 1 is 0.933 bits per heavy atom. The van der Waals surface area contributed by atoms with Crippen molar-refractivity contribution in [2.45, 2.75) is 0 Å². The molecule has 1 N–H and O–H groups in total. The molecular formula is C22H18F2N4OS. The molecule has 1 saturated heterocycles. The summed E-state index contributed by atoms with van der Waals surface area (Å²) in [6.07, 6.45) is 0. The number of thiophene rings is 1. The van der Waals surface area contributed by atoms with Crippen molar-refractivity contribution < 1.29 is 8.78 Å². The number of hydrogen-bond donors (Lipinski definition) is 1. The van der Waals surface area contributed by atoms with Crippen molar-refractivity contribution in [2.75, 3.05) is 36.0 Å². The quantitative estimate of drug-likeness (QED) is 0.534. The van der Waals surface area contributed by atoms with Gasteiger partial charge in [-0.2, -0.15) is 0 Å². The zero-order chi connectivity index (χ0) is 20.7. The second-order valence-electron chi connectivity index (χ2n) is 7.15. The average molecular weight is 424 g/mol. The minimum Gasteiger partial charge on any atom is -0.366 e. The Bertz CT molecular complexity index is 1260. The molecule has 30 heavy (non-hydrogen) atoms. The monoisotopic (exact) mass is 424 g/mol. The number of nitrogens with one attached hydrogen (secondary N) is 1. The van der Waals surface area contributed by atoms with Gasteiger partial charge < -0.3 is 9.80 Å². The van der Waals surface area contributed by atoms with E-state index in [1.54, 1.807) is 24.3 Å². The minimum atomic E-state index is -0.308. The highest BCUT2D eigenvalue weighted by Gasteiger charge is 2.22. The number of anilines is 2. The maximum absolute atomic E-state index is 14.1. The maximum atomic E-state index is 14.1. The van der Waals surface area contributed by atoms with Crippen LogP contribution in [-0.2, 0) is 0 Å². The van der Waals surface area contributed by atoms with E-state index >= 15 is 0 Å². The first-order valence-electron chi connectivity index (χ1n) is 9.62. The Labute approximate surface area is 175 Å². The van der Waals surface area contributed by atoms with Crippen molar-refractivity contribution in [2.24, 2.45) is 0 Å². The molecule has 1 aliphatic heterocycles. The number of hydrogen-bond acceptors (Lipinski definition) is 5. The molecule has 0 unspecified atom stereocenters. The van der Waals surface area contributed by atoms with E-state index in [-0.39, 0.29) is 17.2 Å². The minimum absolute atomic E-state index is 0.190. The number of rotatable bonds is 3. The van der Waals surface area contributed by atoms with Crippen molar-refractivity contribution >= 4 is 33.2 Å². The SMILES string of the molecule is O=c1[nH]c(N2CCN(c3ccccc3F)CC2)nc2c(-c3ccc(F)cc3)csc12. The third kappa shape index (κ3) is 3.33. The molecule has 3 heterocycles. The van der Waals surface area contributed by atoms with Crippen LogP contribution in [0.4, 0.5) is 20.4 Å². The van der Waals surface area contributed by atoms with Crippen molar-refractivity contribution in [3.63, 3.8) is 0 Å². The van der Waals surface area contributed by atoms with Crippen LogP contribution in [0, 0.1) is 11.6 Å². The number of benzene rings is 2. The van der Waals surface area contributed by atoms with Crippen LogP contribution in [0.25, 0.3) is 21.3 Å². The number of halogens is 2. The number of aromatic amines is 1. The van der Waals surface area contributed by atoms with Gasteiger partial charge in [0, 0.05) is 37.1 Å². The Morgan fingerprint density at radius 3 is 2.37 bits per heavy atom. The number of aromatic nitrogens is 2. The van der Waals surface area contributed by atoms with Gasteiger partial charge in [-0.15, -0.1) is 11.3 Å². The van der Waals surface area contributed by atoms with Gasteiger partial charge in [0.2, 0.25) is 5.95 Å². The molecule has 1 fully saturated rings. The molecule has 5 rings (SSSR count). The maximum Gasteiger partial charge on any atom is 0.270 e. The lowest BCUT2D eigenvalue weighted by atomic mass is 10.1. The second-order valence-corrected chi connectivity index (χ2v) is 8.03. The average Bonchev–Trinajstić information content (AvgIpc) is 3.19. The predicted octanol–water partition coefficient (Wildman–Crippen LogP) is 4.26. The summed E-state index contributed by atoms with van der Waals surface area (Å²) >= 11 is 1.33. The summed E-state index contributed by atoms with van der Waals surface area (Å²) in [5.74, 6) is -0.0407.